The minimum atomic E-state index is -0.363. The maximum Gasteiger partial charge on any atom is 0.264 e. The molecule has 0 radical (unpaired) electrons. The highest BCUT2D eigenvalue weighted by atomic mass is 16.2. The molecule has 0 saturated carbocycles. The fraction of sp³-hybridized carbons (Fsp3) is 0.188. The van der Waals surface area contributed by atoms with Crippen LogP contribution in [0.1, 0.15) is 17.3 Å². The number of hydrogen-bond donors (Lipinski definition) is 1. The number of nitrogens with zero attached hydrogens (tertiary/aromatic N) is 4. The zero-order valence-corrected chi connectivity index (χ0v) is 13.2. The highest BCUT2D eigenvalue weighted by molar-refractivity contribution is 5.95. The van der Waals surface area contributed by atoms with Crippen molar-refractivity contribution in [2.24, 2.45) is 7.05 Å². The van der Waals surface area contributed by atoms with Crippen LogP contribution < -0.4 is 10.9 Å². The topological polar surface area (TPSA) is 98.9 Å². The lowest BCUT2D eigenvalue weighted by Gasteiger charge is -2.07. The molecule has 1 aromatic carbocycles. The first-order valence-electron chi connectivity index (χ1n) is 7.23. The smallest absolute Gasteiger partial charge is 0.264 e. The molecule has 122 valence electrons. The molecule has 0 aliphatic rings. The number of Topliss-reactive ketones (excluding diaryl/α,β-unsaturated/α-hetero) is 1. The molecular formula is C16H15N5O3. The quantitative estimate of drug-likeness (QED) is 0.721. The highest BCUT2D eigenvalue weighted by Gasteiger charge is 2.11. The number of carbonyl (C=O) groups is 2. The summed E-state index contributed by atoms with van der Waals surface area (Å²) < 4.78 is 2.72. The van der Waals surface area contributed by atoms with E-state index in [9.17, 15) is 14.4 Å². The van der Waals surface area contributed by atoms with Gasteiger partial charge in [-0.2, -0.15) is 5.10 Å². The van der Waals surface area contributed by atoms with E-state index in [4.69, 9.17) is 0 Å². The Kier molecular flexibility index (Phi) is 3.95. The van der Waals surface area contributed by atoms with Gasteiger partial charge in [0.15, 0.2) is 11.4 Å². The van der Waals surface area contributed by atoms with Gasteiger partial charge in [-0.3, -0.25) is 23.6 Å². The van der Waals surface area contributed by atoms with Crippen LogP contribution in [-0.2, 0) is 18.4 Å². The van der Waals surface area contributed by atoms with E-state index in [1.54, 1.807) is 31.3 Å². The Hall–Kier alpha value is -3.29. The SMILES string of the molecule is CC(=O)c1ccc(NC(=O)Cn2cnc3c(cnn3C)c2=O)cc1. The van der Waals surface area contributed by atoms with Crippen molar-refractivity contribution in [3.05, 3.63) is 52.7 Å². The Bertz CT molecular complexity index is 985. The molecule has 0 spiro atoms. The number of carbonyl (C=O) groups excluding carboxylic acids is 2. The Morgan fingerprint density at radius 3 is 2.58 bits per heavy atom. The van der Waals surface area contributed by atoms with E-state index in [-0.39, 0.29) is 23.8 Å². The number of aromatic nitrogens is 4. The summed E-state index contributed by atoms with van der Waals surface area (Å²) in [5, 5.41) is 7.02. The molecule has 2 aromatic heterocycles. The molecule has 0 aliphatic heterocycles. The molecular weight excluding hydrogens is 310 g/mol. The number of amides is 1. The summed E-state index contributed by atoms with van der Waals surface area (Å²) >= 11 is 0. The average Bonchev–Trinajstić information content (AvgIpc) is 2.92. The summed E-state index contributed by atoms with van der Waals surface area (Å²) in [4.78, 5) is 39.8. The van der Waals surface area contributed by atoms with E-state index in [1.807, 2.05) is 0 Å². The maximum absolute atomic E-state index is 12.3. The monoisotopic (exact) mass is 325 g/mol. The lowest BCUT2D eigenvalue weighted by atomic mass is 10.1. The van der Waals surface area contributed by atoms with Crippen LogP contribution in [0.2, 0.25) is 0 Å². The number of anilines is 1. The van der Waals surface area contributed by atoms with Crippen LogP contribution in [0.25, 0.3) is 11.0 Å². The number of hydrogen-bond acceptors (Lipinski definition) is 5. The third-order valence-electron chi connectivity index (χ3n) is 3.61. The molecule has 0 atom stereocenters. The van der Waals surface area contributed by atoms with E-state index in [2.05, 4.69) is 15.4 Å². The molecule has 1 N–H and O–H groups in total. The van der Waals surface area contributed by atoms with Crippen molar-refractivity contribution in [2.45, 2.75) is 13.5 Å². The third-order valence-corrected chi connectivity index (χ3v) is 3.61. The standard InChI is InChI=1S/C16H15N5O3/c1-10(22)11-3-5-12(6-4-11)19-14(23)8-21-9-17-15-13(16(21)24)7-18-20(15)2/h3-7,9H,8H2,1-2H3,(H,19,23). The molecule has 0 unspecified atom stereocenters. The van der Waals surface area contributed by atoms with Gasteiger partial charge in [0.25, 0.3) is 5.56 Å². The summed E-state index contributed by atoms with van der Waals surface area (Å²) in [6.07, 6.45) is 2.75. The highest BCUT2D eigenvalue weighted by Crippen LogP contribution is 2.10. The van der Waals surface area contributed by atoms with Gasteiger partial charge in [-0.05, 0) is 31.2 Å². The molecule has 0 saturated heterocycles. The summed E-state index contributed by atoms with van der Waals surface area (Å²) in [6.45, 7) is 1.31. The van der Waals surface area contributed by atoms with Crippen molar-refractivity contribution in [1.29, 1.82) is 0 Å². The second-order valence-electron chi connectivity index (χ2n) is 5.36. The summed E-state index contributed by atoms with van der Waals surface area (Å²) in [5.41, 5.74) is 1.26. The minimum Gasteiger partial charge on any atom is -0.325 e. The Labute approximate surface area is 136 Å². The predicted molar refractivity (Wildman–Crippen MR) is 87.8 cm³/mol. The fourth-order valence-electron chi connectivity index (χ4n) is 2.32. The van der Waals surface area contributed by atoms with Gasteiger partial charge in [0.05, 0.1) is 6.20 Å². The predicted octanol–water partition coefficient (Wildman–Crippen LogP) is 0.971. The fourth-order valence-corrected chi connectivity index (χ4v) is 2.32. The van der Waals surface area contributed by atoms with Gasteiger partial charge in [-0.25, -0.2) is 4.98 Å². The second-order valence-corrected chi connectivity index (χ2v) is 5.36. The molecule has 0 aliphatic carbocycles. The number of rotatable bonds is 4. The molecule has 3 rings (SSSR count). The van der Waals surface area contributed by atoms with Crippen LogP contribution in [-0.4, -0.2) is 31.0 Å². The Morgan fingerprint density at radius 1 is 1.21 bits per heavy atom. The van der Waals surface area contributed by atoms with E-state index >= 15 is 0 Å². The molecule has 0 fully saturated rings. The van der Waals surface area contributed by atoms with Crippen LogP contribution in [0.5, 0.6) is 0 Å². The van der Waals surface area contributed by atoms with Gasteiger partial charge in [0.1, 0.15) is 18.3 Å². The molecule has 2 heterocycles. The summed E-state index contributed by atoms with van der Waals surface area (Å²) in [6, 6.07) is 6.54. The van der Waals surface area contributed by atoms with Crippen LogP contribution in [0, 0.1) is 0 Å². The zero-order chi connectivity index (χ0) is 17.3. The largest absolute Gasteiger partial charge is 0.325 e. The van der Waals surface area contributed by atoms with Crippen molar-refractivity contribution in [2.75, 3.05) is 5.32 Å². The van der Waals surface area contributed by atoms with E-state index < -0.39 is 0 Å². The summed E-state index contributed by atoms with van der Waals surface area (Å²) in [5.74, 6) is -0.409. The number of benzene rings is 1. The van der Waals surface area contributed by atoms with Crippen molar-refractivity contribution < 1.29 is 9.59 Å². The van der Waals surface area contributed by atoms with E-state index in [0.717, 1.165) is 0 Å². The molecule has 0 bridgehead atoms. The lowest BCUT2D eigenvalue weighted by Crippen LogP contribution is -2.27. The number of ketones is 1. The van der Waals surface area contributed by atoms with Crippen molar-refractivity contribution >= 4 is 28.4 Å². The number of fused-ring (bicyclic) bond motifs is 1. The molecule has 3 aromatic rings. The van der Waals surface area contributed by atoms with Crippen LogP contribution in [0.3, 0.4) is 0 Å². The zero-order valence-electron chi connectivity index (χ0n) is 13.2. The maximum atomic E-state index is 12.3. The minimum absolute atomic E-state index is 0.0460. The van der Waals surface area contributed by atoms with Gasteiger partial charge in [-0.1, -0.05) is 0 Å². The Balaban J connectivity index is 1.76. The van der Waals surface area contributed by atoms with Gasteiger partial charge < -0.3 is 5.32 Å². The number of nitrogens with one attached hydrogen (secondary N) is 1. The first-order valence-corrected chi connectivity index (χ1v) is 7.23. The van der Waals surface area contributed by atoms with E-state index in [1.165, 1.54) is 28.7 Å². The van der Waals surface area contributed by atoms with Gasteiger partial charge >= 0.3 is 0 Å². The lowest BCUT2D eigenvalue weighted by molar-refractivity contribution is -0.116. The summed E-state index contributed by atoms with van der Waals surface area (Å²) in [7, 11) is 1.69. The normalized spacial score (nSPS) is 10.8. The van der Waals surface area contributed by atoms with Crippen molar-refractivity contribution in [3.8, 4) is 0 Å². The molecule has 1 amide bonds. The van der Waals surface area contributed by atoms with Gasteiger partial charge in [0.2, 0.25) is 5.91 Å². The third kappa shape index (κ3) is 2.94. The number of aryl methyl sites for hydroxylation is 1. The van der Waals surface area contributed by atoms with Crippen LogP contribution in [0.15, 0.2) is 41.6 Å². The average molecular weight is 325 g/mol. The molecule has 24 heavy (non-hydrogen) atoms. The first-order chi connectivity index (χ1) is 11.5. The second kappa shape index (κ2) is 6.07. The molecule has 8 heteroatoms. The van der Waals surface area contributed by atoms with Crippen molar-refractivity contribution in [3.63, 3.8) is 0 Å². The van der Waals surface area contributed by atoms with Crippen LogP contribution >= 0.6 is 0 Å². The van der Waals surface area contributed by atoms with Gasteiger partial charge in [-0.15, -0.1) is 0 Å². The Morgan fingerprint density at radius 2 is 1.92 bits per heavy atom. The van der Waals surface area contributed by atoms with Crippen LogP contribution in [0.4, 0.5) is 5.69 Å². The molecule has 8 nitrogen and oxygen atoms in total. The van der Waals surface area contributed by atoms with Gasteiger partial charge in [0, 0.05) is 18.3 Å². The van der Waals surface area contributed by atoms with E-state index in [0.29, 0.717) is 22.3 Å². The van der Waals surface area contributed by atoms with Crippen molar-refractivity contribution in [1.82, 2.24) is 19.3 Å². The first kappa shape index (κ1) is 15.6.